The average Bonchev–Trinajstić information content (AvgIpc) is 3.33. The Morgan fingerprint density at radius 2 is 2.00 bits per heavy atom. The van der Waals surface area contributed by atoms with Crippen molar-refractivity contribution in [2.45, 2.75) is 25.4 Å². The first-order valence-electron chi connectivity index (χ1n) is 6.80. The number of rotatable bonds is 4. The van der Waals surface area contributed by atoms with Gasteiger partial charge in [0.25, 0.3) is 5.91 Å². The monoisotopic (exact) mass is 348 g/mol. The van der Waals surface area contributed by atoms with E-state index in [1.807, 2.05) is 17.0 Å². The molecule has 5 heteroatoms. The lowest BCUT2D eigenvalue weighted by molar-refractivity contribution is 0.0728. The minimum absolute atomic E-state index is 0.138. The van der Waals surface area contributed by atoms with Gasteiger partial charge in [-0.15, -0.1) is 0 Å². The molecule has 21 heavy (non-hydrogen) atoms. The summed E-state index contributed by atoms with van der Waals surface area (Å²) in [5, 5.41) is 0. The topological polar surface area (TPSA) is 33.2 Å². The Morgan fingerprint density at radius 1 is 1.29 bits per heavy atom. The molecule has 3 nitrogen and oxygen atoms in total. The fraction of sp³-hybridized carbons (Fsp3) is 0.250. The first kappa shape index (κ1) is 14.2. The second kappa shape index (κ2) is 5.93. The standard InChI is InChI=1S/C16H14BrFN2O/c17-15-13(2-1-3-14(15)18)16(21)20(12-4-5-12)10-11-6-8-19-9-7-11/h1-3,6-9,12H,4-5,10H2. The Morgan fingerprint density at radius 3 is 2.67 bits per heavy atom. The van der Waals surface area contributed by atoms with E-state index in [2.05, 4.69) is 20.9 Å². The zero-order valence-corrected chi connectivity index (χ0v) is 12.9. The van der Waals surface area contributed by atoms with Gasteiger partial charge in [0.2, 0.25) is 0 Å². The minimum atomic E-state index is -0.416. The predicted octanol–water partition coefficient (Wildman–Crippen LogP) is 3.79. The molecule has 2 aromatic rings. The minimum Gasteiger partial charge on any atom is -0.331 e. The highest BCUT2D eigenvalue weighted by Crippen LogP contribution is 2.31. The van der Waals surface area contributed by atoms with Crippen LogP contribution in [0.15, 0.2) is 47.2 Å². The summed E-state index contributed by atoms with van der Waals surface area (Å²) < 4.78 is 13.9. The SMILES string of the molecule is O=C(c1cccc(F)c1Br)N(Cc1ccncc1)C1CC1. The third-order valence-corrected chi connectivity index (χ3v) is 4.34. The number of benzene rings is 1. The lowest BCUT2D eigenvalue weighted by atomic mass is 10.1. The first-order valence-corrected chi connectivity index (χ1v) is 7.60. The maximum atomic E-state index is 13.6. The van der Waals surface area contributed by atoms with Gasteiger partial charge in [-0.25, -0.2) is 4.39 Å². The van der Waals surface area contributed by atoms with Crippen molar-refractivity contribution < 1.29 is 9.18 Å². The average molecular weight is 349 g/mol. The third kappa shape index (κ3) is 3.13. The molecule has 0 radical (unpaired) electrons. The lowest BCUT2D eigenvalue weighted by Crippen LogP contribution is -2.33. The summed E-state index contributed by atoms with van der Waals surface area (Å²) in [5.41, 5.74) is 1.40. The smallest absolute Gasteiger partial charge is 0.255 e. The van der Waals surface area contributed by atoms with Crippen LogP contribution in [0.3, 0.4) is 0 Å². The highest BCUT2D eigenvalue weighted by molar-refractivity contribution is 9.10. The molecule has 1 heterocycles. The fourth-order valence-electron chi connectivity index (χ4n) is 2.26. The molecule has 0 aliphatic heterocycles. The van der Waals surface area contributed by atoms with Crippen molar-refractivity contribution in [1.29, 1.82) is 0 Å². The molecule has 3 rings (SSSR count). The second-order valence-electron chi connectivity index (χ2n) is 5.12. The summed E-state index contributed by atoms with van der Waals surface area (Å²) in [5.74, 6) is -0.554. The van der Waals surface area contributed by atoms with Gasteiger partial charge in [0, 0.05) is 25.0 Å². The molecule has 0 bridgehead atoms. The van der Waals surface area contributed by atoms with Crippen LogP contribution in [-0.2, 0) is 6.54 Å². The lowest BCUT2D eigenvalue weighted by Gasteiger charge is -2.23. The van der Waals surface area contributed by atoms with Gasteiger partial charge in [0.15, 0.2) is 0 Å². The van der Waals surface area contributed by atoms with Crippen LogP contribution in [0.1, 0.15) is 28.8 Å². The van der Waals surface area contributed by atoms with E-state index in [4.69, 9.17) is 0 Å². The van der Waals surface area contributed by atoms with E-state index in [9.17, 15) is 9.18 Å². The molecule has 1 aromatic heterocycles. The molecule has 1 saturated carbocycles. The molecule has 0 N–H and O–H groups in total. The van der Waals surface area contributed by atoms with Gasteiger partial charge >= 0.3 is 0 Å². The molecular weight excluding hydrogens is 335 g/mol. The van der Waals surface area contributed by atoms with Crippen molar-refractivity contribution in [1.82, 2.24) is 9.88 Å². The van der Waals surface area contributed by atoms with E-state index in [1.165, 1.54) is 6.07 Å². The molecule has 1 amide bonds. The molecule has 0 unspecified atom stereocenters. The Kier molecular flexibility index (Phi) is 4.01. The van der Waals surface area contributed by atoms with E-state index < -0.39 is 5.82 Å². The maximum Gasteiger partial charge on any atom is 0.255 e. The van der Waals surface area contributed by atoms with Gasteiger partial charge in [0.05, 0.1) is 10.0 Å². The number of carbonyl (C=O) groups is 1. The van der Waals surface area contributed by atoms with Crippen molar-refractivity contribution in [2.24, 2.45) is 0 Å². The summed E-state index contributed by atoms with van der Waals surface area (Å²) in [6.07, 6.45) is 5.43. The predicted molar refractivity (Wildman–Crippen MR) is 81.2 cm³/mol. The van der Waals surface area contributed by atoms with Crippen molar-refractivity contribution in [2.75, 3.05) is 0 Å². The Hall–Kier alpha value is -1.75. The van der Waals surface area contributed by atoms with Gasteiger partial charge < -0.3 is 4.90 Å². The zero-order chi connectivity index (χ0) is 14.8. The van der Waals surface area contributed by atoms with E-state index >= 15 is 0 Å². The number of halogens is 2. The Labute approximate surface area is 130 Å². The van der Waals surface area contributed by atoms with Crippen LogP contribution < -0.4 is 0 Å². The van der Waals surface area contributed by atoms with Crippen LogP contribution in [0, 0.1) is 5.82 Å². The molecule has 0 atom stereocenters. The summed E-state index contributed by atoms with van der Waals surface area (Å²) >= 11 is 3.17. The quantitative estimate of drug-likeness (QED) is 0.842. The van der Waals surface area contributed by atoms with Crippen molar-refractivity contribution in [3.05, 3.63) is 64.1 Å². The fourth-order valence-corrected chi connectivity index (χ4v) is 2.70. The molecule has 0 spiro atoms. The third-order valence-electron chi connectivity index (χ3n) is 3.53. The number of amides is 1. The molecule has 1 fully saturated rings. The molecule has 108 valence electrons. The molecular formula is C16H14BrFN2O. The van der Waals surface area contributed by atoms with Gasteiger partial charge in [0.1, 0.15) is 5.82 Å². The van der Waals surface area contributed by atoms with E-state index in [-0.39, 0.29) is 16.4 Å². The zero-order valence-electron chi connectivity index (χ0n) is 11.3. The molecule has 1 aromatic carbocycles. The number of nitrogens with zero attached hydrogens (tertiary/aromatic N) is 2. The van der Waals surface area contributed by atoms with Gasteiger partial charge in [-0.2, -0.15) is 0 Å². The van der Waals surface area contributed by atoms with Crippen LogP contribution in [0.5, 0.6) is 0 Å². The highest BCUT2D eigenvalue weighted by Gasteiger charge is 2.34. The molecule has 1 aliphatic carbocycles. The number of aromatic nitrogens is 1. The van der Waals surface area contributed by atoms with Crippen LogP contribution in [0.2, 0.25) is 0 Å². The van der Waals surface area contributed by atoms with Gasteiger partial charge in [-0.3, -0.25) is 9.78 Å². The summed E-state index contributed by atoms with van der Waals surface area (Å²) in [7, 11) is 0. The van der Waals surface area contributed by atoms with E-state index in [0.29, 0.717) is 12.1 Å². The molecule has 1 aliphatic rings. The normalized spacial score (nSPS) is 14.0. The summed E-state index contributed by atoms with van der Waals surface area (Å²) in [6.45, 7) is 0.523. The van der Waals surface area contributed by atoms with Crippen molar-refractivity contribution in [3.8, 4) is 0 Å². The Bertz CT molecular complexity index is 659. The van der Waals surface area contributed by atoms with E-state index in [1.54, 1.807) is 24.5 Å². The Balaban J connectivity index is 1.87. The van der Waals surface area contributed by atoms with Crippen LogP contribution >= 0.6 is 15.9 Å². The largest absolute Gasteiger partial charge is 0.331 e. The maximum absolute atomic E-state index is 13.6. The van der Waals surface area contributed by atoms with Crippen molar-refractivity contribution >= 4 is 21.8 Å². The van der Waals surface area contributed by atoms with Crippen molar-refractivity contribution in [3.63, 3.8) is 0 Å². The second-order valence-corrected chi connectivity index (χ2v) is 5.91. The summed E-state index contributed by atoms with van der Waals surface area (Å²) in [4.78, 5) is 18.5. The van der Waals surface area contributed by atoms with Crippen LogP contribution in [-0.4, -0.2) is 21.8 Å². The number of pyridine rings is 1. The van der Waals surface area contributed by atoms with Crippen LogP contribution in [0.25, 0.3) is 0 Å². The number of hydrogen-bond donors (Lipinski definition) is 0. The molecule has 0 saturated heterocycles. The number of hydrogen-bond acceptors (Lipinski definition) is 2. The summed E-state index contributed by atoms with van der Waals surface area (Å²) in [6, 6.07) is 8.58. The van der Waals surface area contributed by atoms with Gasteiger partial charge in [-0.05, 0) is 58.6 Å². The van der Waals surface area contributed by atoms with Crippen LogP contribution in [0.4, 0.5) is 4.39 Å². The van der Waals surface area contributed by atoms with E-state index in [0.717, 1.165) is 18.4 Å². The van der Waals surface area contributed by atoms with Gasteiger partial charge in [-0.1, -0.05) is 6.07 Å². The highest BCUT2D eigenvalue weighted by atomic mass is 79.9. The first-order chi connectivity index (χ1) is 10.2. The number of carbonyl (C=O) groups excluding carboxylic acids is 1.